The molecule has 1 aliphatic carbocycles. The second kappa shape index (κ2) is 5.67. The Hall–Kier alpha value is -3.26. The van der Waals surface area contributed by atoms with Crippen molar-refractivity contribution in [1.29, 1.82) is 5.26 Å². The van der Waals surface area contributed by atoms with E-state index in [9.17, 15) is 10.1 Å². The molecule has 1 aromatic heterocycles. The first-order chi connectivity index (χ1) is 12.2. The highest BCUT2D eigenvalue weighted by Gasteiger charge is 2.27. The van der Waals surface area contributed by atoms with Crippen molar-refractivity contribution in [3.05, 3.63) is 59.4 Å². The quantitative estimate of drug-likeness (QED) is 0.741. The number of nitrogens with two attached hydrogens (primary N) is 1. The number of carbonyl (C=O) groups excluding carboxylic acids is 1. The maximum absolute atomic E-state index is 12.2. The van der Waals surface area contributed by atoms with Gasteiger partial charge in [0.2, 0.25) is 0 Å². The Bertz CT molecular complexity index is 1040. The summed E-state index contributed by atoms with van der Waals surface area (Å²) in [7, 11) is 1.31. The Morgan fingerprint density at radius 3 is 2.60 bits per heavy atom. The lowest BCUT2D eigenvalue weighted by Crippen LogP contribution is -2.11. The lowest BCUT2D eigenvalue weighted by Gasteiger charge is -2.14. The number of aromatic nitrogens is 1. The molecule has 0 saturated heterocycles. The van der Waals surface area contributed by atoms with E-state index in [1.807, 2.05) is 30.3 Å². The Morgan fingerprint density at radius 1 is 1.24 bits per heavy atom. The molecule has 1 fully saturated rings. The van der Waals surface area contributed by atoms with Gasteiger partial charge in [-0.05, 0) is 35.8 Å². The van der Waals surface area contributed by atoms with Crippen LogP contribution in [0.3, 0.4) is 0 Å². The summed E-state index contributed by atoms with van der Waals surface area (Å²) < 4.78 is 6.54. The van der Waals surface area contributed by atoms with Crippen molar-refractivity contribution < 1.29 is 9.53 Å². The van der Waals surface area contributed by atoms with Crippen LogP contribution in [-0.4, -0.2) is 17.6 Å². The molecular formula is C20H17N3O2. The third-order valence-corrected chi connectivity index (χ3v) is 4.76. The maximum atomic E-state index is 12.2. The van der Waals surface area contributed by atoms with Gasteiger partial charge in [-0.1, -0.05) is 30.3 Å². The Kier molecular flexibility index (Phi) is 3.47. The standard InChI is InChI=1S/C20H17N3O2/c1-25-20(24)19-18(22)13(10-21)11-23(19)17-9-8-14(12-6-7-12)15-4-2-3-5-16(15)17/h2-5,8-9,11-12H,6-7,22H2,1H3. The zero-order valence-corrected chi connectivity index (χ0v) is 13.8. The van der Waals surface area contributed by atoms with Gasteiger partial charge in [-0.2, -0.15) is 5.26 Å². The van der Waals surface area contributed by atoms with Crippen LogP contribution in [0.15, 0.2) is 42.6 Å². The predicted octanol–water partition coefficient (Wildman–Crippen LogP) is 3.75. The van der Waals surface area contributed by atoms with Gasteiger partial charge in [0.05, 0.1) is 24.0 Å². The number of benzene rings is 2. The molecule has 0 spiro atoms. The van der Waals surface area contributed by atoms with E-state index in [1.165, 1.54) is 30.9 Å². The van der Waals surface area contributed by atoms with Gasteiger partial charge < -0.3 is 15.0 Å². The fraction of sp³-hybridized carbons (Fsp3) is 0.200. The number of nitriles is 1. The summed E-state index contributed by atoms with van der Waals surface area (Å²) >= 11 is 0. The highest BCUT2D eigenvalue weighted by Crippen LogP contribution is 2.44. The molecule has 5 heteroatoms. The average molecular weight is 331 g/mol. The maximum Gasteiger partial charge on any atom is 0.357 e. The van der Waals surface area contributed by atoms with Crippen molar-refractivity contribution in [2.75, 3.05) is 12.8 Å². The van der Waals surface area contributed by atoms with Crippen LogP contribution in [0, 0.1) is 11.3 Å². The third-order valence-electron chi connectivity index (χ3n) is 4.76. The van der Waals surface area contributed by atoms with Crippen LogP contribution >= 0.6 is 0 Å². The zero-order valence-electron chi connectivity index (χ0n) is 13.8. The Balaban J connectivity index is 2.02. The fourth-order valence-corrected chi connectivity index (χ4v) is 3.37. The summed E-state index contributed by atoms with van der Waals surface area (Å²) in [6.45, 7) is 0. The molecule has 25 heavy (non-hydrogen) atoms. The van der Waals surface area contributed by atoms with Crippen molar-refractivity contribution in [2.24, 2.45) is 0 Å². The predicted molar refractivity (Wildman–Crippen MR) is 95.7 cm³/mol. The van der Waals surface area contributed by atoms with E-state index in [0.29, 0.717) is 5.92 Å². The van der Waals surface area contributed by atoms with Gasteiger partial charge in [0.15, 0.2) is 5.69 Å². The smallest absolute Gasteiger partial charge is 0.357 e. The number of hydrogen-bond acceptors (Lipinski definition) is 4. The van der Waals surface area contributed by atoms with Crippen LogP contribution in [0.5, 0.6) is 0 Å². The van der Waals surface area contributed by atoms with E-state index < -0.39 is 5.97 Å². The first kappa shape index (κ1) is 15.3. The van der Waals surface area contributed by atoms with Crippen LogP contribution in [0.1, 0.15) is 40.4 Å². The first-order valence-corrected chi connectivity index (χ1v) is 8.17. The average Bonchev–Trinajstić information content (AvgIpc) is 3.43. The summed E-state index contributed by atoms with van der Waals surface area (Å²) in [5.41, 5.74) is 8.75. The topological polar surface area (TPSA) is 81.0 Å². The summed E-state index contributed by atoms with van der Waals surface area (Å²) in [4.78, 5) is 12.2. The van der Waals surface area contributed by atoms with Crippen LogP contribution < -0.4 is 5.73 Å². The van der Waals surface area contributed by atoms with Crippen LogP contribution in [0.2, 0.25) is 0 Å². The van der Waals surface area contributed by atoms with E-state index in [4.69, 9.17) is 10.5 Å². The SMILES string of the molecule is COC(=O)c1c(N)c(C#N)cn1-c1ccc(C2CC2)c2ccccc12. The second-order valence-corrected chi connectivity index (χ2v) is 6.27. The molecule has 0 radical (unpaired) electrons. The molecule has 5 nitrogen and oxygen atoms in total. The van der Waals surface area contributed by atoms with E-state index in [0.717, 1.165) is 11.1 Å². The summed E-state index contributed by atoms with van der Waals surface area (Å²) in [6, 6.07) is 14.3. The molecule has 2 aromatic carbocycles. The summed E-state index contributed by atoms with van der Waals surface area (Å²) in [5.74, 6) is 0.0535. The summed E-state index contributed by atoms with van der Waals surface area (Å²) in [6.07, 6.45) is 4.03. The number of hydrogen-bond donors (Lipinski definition) is 1. The van der Waals surface area contributed by atoms with E-state index in [1.54, 1.807) is 10.8 Å². The van der Waals surface area contributed by atoms with Gasteiger partial charge >= 0.3 is 5.97 Å². The van der Waals surface area contributed by atoms with Crippen molar-refractivity contribution in [3.63, 3.8) is 0 Å². The highest BCUT2D eigenvalue weighted by molar-refractivity contribution is 5.99. The fourth-order valence-electron chi connectivity index (χ4n) is 3.37. The largest absolute Gasteiger partial charge is 0.464 e. The highest BCUT2D eigenvalue weighted by atomic mass is 16.5. The first-order valence-electron chi connectivity index (χ1n) is 8.17. The molecule has 0 bridgehead atoms. The Morgan fingerprint density at radius 2 is 1.96 bits per heavy atom. The normalized spacial score (nSPS) is 13.6. The molecule has 0 aliphatic heterocycles. The molecule has 0 atom stereocenters. The molecule has 124 valence electrons. The van der Waals surface area contributed by atoms with Gasteiger partial charge in [0.1, 0.15) is 6.07 Å². The molecule has 1 saturated carbocycles. The van der Waals surface area contributed by atoms with Crippen molar-refractivity contribution in [3.8, 4) is 11.8 Å². The number of rotatable bonds is 3. The molecule has 2 N–H and O–H groups in total. The molecule has 1 aliphatic rings. The lowest BCUT2D eigenvalue weighted by atomic mass is 9.99. The van der Waals surface area contributed by atoms with E-state index in [-0.39, 0.29) is 16.9 Å². The van der Waals surface area contributed by atoms with Gasteiger partial charge in [0.25, 0.3) is 0 Å². The number of nitrogens with zero attached hydrogens (tertiary/aromatic N) is 2. The second-order valence-electron chi connectivity index (χ2n) is 6.27. The Labute approximate surface area is 145 Å². The molecule has 4 rings (SSSR count). The van der Waals surface area contributed by atoms with Crippen LogP contribution in [0.4, 0.5) is 5.69 Å². The van der Waals surface area contributed by atoms with E-state index >= 15 is 0 Å². The number of fused-ring (bicyclic) bond motifs is 1. The van der Waals surface area contributed by atoms with Gasteiger partial charge in [0, 0.05) is 11.6 Å². The minimum Gasteiger partial charge on any atom is -0.464 e. The minimum absolute atomic E-state index is 0.143. The lowest BCUT2D eigenvalue weighted by molar-refractivity contribution is 0.0593. The molecule has 0 amide bonds. The molecule has 0 unspecified atom stereocenters. The monoisotopic (exact) mass is 331 g/mol. The molecule has 1 heterocycles. The number of ether oxygens (including phenoxy) is 1. The number of carbonyl (C=O) groups is 1. The van der Waals surface area contributed by atoms with Gasteiger partial charge in [-0.3, -0.25) is 0 Å². The number of methoxy groups -OCH3 is 1. The van der Waals surface area contributed by atoms with Gasteiger partial charge in [-0.25, -0.2) is 4.79 Å². The van der Waals surface area contributed by atoms with Crippen molar-refractivity contribution in [2.45, 2.75) is 18.8 Å². The number of nitrogen functional groups attached to an aromatic ring is 1. The minimum atomic E-state index is -0.561. The third kappa shape index (κ3) is 2.34. The zero-order chi connectivity index (χ0) is 17.6. The van der Waals surface area contributed by atoms with Crippen molar-refractivity contribution >= 4 is 22.4 Å². The summed E-state index contributed by atoms with van der Waals surface area (Å²) in [5, 5.41) is 11.5. The number of anilines is 1. The van der Waals surface area contributed by atoms with Crippen LogP contribution in [-0.2, 0) is 4.74 Å². The van der Waals surface area contributed by atoms with Gasteiger partial charge in [-0.15, -0.1) is 0 Å². The number of esters is 1. The van der Waals surface area contributed by atoms with Crippen LogP contribution in [0.25, 0.3) is 16.5 Å². The van der Waals surface area contributed by atoms with Crippen molar-refractivity contribution in [1.82, 2.24) is 4.57 Å². The molecule has 3 aromatic rings. The van der Waals surface area contributed by atoms with E-state index in [2.05, 4.69) is 12.1 Å². The molecular weight excluding hydrogens is 314 g/mol.